The molecule has 0 saturated carbocycles. The van der Waals surface area contributed by atoms with E-state index in [9.17, 15) is 13.6 Å². The highest BCUT2D eigenvalue weighted by molar-refractivity contribution is 5.82. The molecule has 0 radical (unpaired) electrons. The van der Waals surface area contributed by atoms with Gasteiger partial charge in [-0.05, 0) is 12.8 Å². The number of carbonyl (C=O) groups excluding carboxylic acids is 1. The van der Waals surface area contributed by atoms with E-state index >= 15 is 0 Å². The molecule has 1 heterocycles. The van der Waals surface area contributed by atoms with Crippen LogP contribution in [0.3, 0.4) is 0 Å². The standard InChI is InChI=1S/C11H16F2N2O3/c1-4-17-9(6(2)3)11-14-8(18-15-11)5-7(16)10(12)13/h6,9-10H,4-5H2,1-3H3. The highest BCUT2D eigenvalue weighted by Crippen LogP contribution is 2.23. The van der Waals surface area contributed by atoms with Crippen LogP contribution < -0.4 is 0 Å². The molecule has 0 aliphatic carbocycles. The summed E-state index contributed by atoms with van der Waals surface area (Å²) in [5.74, 6) is -0.950. The van der Waals surface area contributed by atoms with E-state index in [2.05, 4.69) is 10.1 Å². The molecule has 0 aliphatic rings. The normalized spacial score (nSPS) is 13.3. The van der Waals surface area contributed by atoms with Crippen LogP contribution in [0.15, 0.2) is 4.52 Å². The van der Waals surface area contributed by atoms with Crippen molar-refractivity contribution in [3.8, 4) is 0 Å². The first-order valence-electron chi connectivity index (χ1n) is 5.70. The summed E-state index contributed by atoms with van der Waals surface area (Å²) in [5.41, 5.74) is 0. The van der Waals surface area contributed by atoms with Gasteiger partial charge in [0.25, 0.3) is 6.43 Å². The summed E-state index contributed by atoms with van der Waals surface area (Å²) >= 11 is 0. The maximum atomic E-state index is 12.1. The third-order valence-electron chi connectivity index (χ3n) is 2.26. The zero-order valence-corrected chi connectivity index (χ0v) is 10.5. The molecule has 1 aromatic rings. The van der Waals surface area contributed by atoms with Gasteiger partial charge in [-0.25, -0.2) is 8.78 Å². The van der Waals surface area contributed by atoms with E-state index in [4.69, 9.17) is 9.26 Å². The summed E-state index contributed by atoms with van der Waals surface area (Å²) in [7, 11) is 0. The predicted molar refractivity (Wildman–Crippen MR) is 58.2 cm³/mol. The van der Waals surface area contributed by atoms with Crippen molar-refractivity contribution in [3.05, 3.63) is 11.7 Å². The molecule has 1 rings (SSSR count). The summed E-state index contributed by atoms with van der Waals surface area (Å²) in [6.45, 7) is 6.14. The van der Waals surface area contributed by atoms with Crippen LogP contribution in [-0.2, 0) is 16.0 Å². The van der Waals surface area contributed by atoms with Crippen molar-refractivity contribution in [2.24, 2.45) is 5.92 Å². The molecule has 5 nitrogen and oxygen atoms in total. The van der Waals surface area contributed by atoms with Crippen LogP contribution in [0.25, 0.3) is 0 Å². The molecule has 0 bridgehead atoms. The lowest BCUT2D eigenvalue weighted by Gasteiger charge is -2.16. The van der Waals surface area contributed by atoms with Crippen molar-refractivity contribution < 1.29 is 22.8 Å². The number of Topliss-reactive ketones (excluding diaryl/α,β-unsaturated/α-hetero) is 1. The Morgan fingerprint density at radius 1 is 1.44 bits per heavy atom. The smallest absolute Gasteiger partial charge is 0.296 e. The molecule has 0 fully saturated rings. The minimum absolute atomic E-state index is 0.111. The molecule has 0 amide bonds. The Bertz CT molecular complexity index is 393. The van der Waals surface area contributed by atoms with Crippen LogP contribution >= 0.6 is 0 Å². The van der Waals surface area contributed by atoms with Gasteiger partial charge in [0.1, 0.15) is 6.10 Å². The number of ketones is 1. The molecule has 1 unspecified atom stereocenters. The zero-order chi connectivity index (χ0) is 13.7. The summed E-state index contributed by atoms with van der Waals surface area (Å²) in [6.07, 6.45) is -3.94. The molecular formula is C11H16F2N2O3. The molecule has 102 valence electrons. The van der Waals surface area contributed by atoms with Crippen LogP contribution in [0.5, 0.6) is 0 Å². The minimum atomic E-state index is -3.02. The van der Waals surface area contributed by atoms with Crippen molar-refractivity contribution in [3.63, 3.8) is 0 Å². The van der Waals surface area contributed by atoms with Gasteiger partial charge in [0.2, 0.25) is 17.5 Å². The number of halogens is 2. The molecule has 0 N–H and O–H groups in total. The predicted octanol–water partition coefficient (Wildman–Crippen LogP) is 2.18. The molecule has 0 spiro atoms. The second kappa shape index (κ2) is 6.53. The van der Waals surface area contributed by atoms with E-state index in [0.29, 0.717) is 6.61 Å². The van der Waals surface area contributed by atoms with Crippen LogP contribution in [0, 0.1) is 5.92 Å². The second-order valence-corrected chi connectivity index (χ2v) is 4.11. The number of rotatable bonds is 7. The lowest BCUT2D eigenvalue weighted by Crippen LogP contribution is -2.14. The largest absolute Gasteiger partial charge is 0.370 e. The summed E-state index contributed by atoms with van der Waals surface area (Å²) in [6, 6.07) is 0. The first kappa shape index (κ1) is 14.7. The van der Waals surface area contributed by atoms with E-state index in [-0.39, 0.29) is 23.7 Å². The average molecular weight is 262 g/mol. The Kier molecular flexibility index (Phi) is 5.33. The number of hydrogen-bond donors (Lipinski definition) is 0. The highest BCUT2D eigenvalue weighted by Gasteiger charge is 2.24. The maximum absolute atomic E-state index is 12.1. The fourth-order valence-electron chi connectivity index (χ4n) is 1.43. The molecular weight excluding hydrogens is 246 g/mol. The molecule has 18 heavy (non-hydrogen) atoms. The van der Waals surface area contributed by atoms with E-state index < -0.39 is 18.6 Å². The van der Waals surface area contributed by atoms with Gasteiger partial charge in [0.15, 0.2) is 0 Å². The molecule has 0 saturated heterocycles. The summed E-state index contributed by atoms with van der Waals surface area (Å²) < 4.78 is 34.3. The molecule has 1 atom stereocenters. The van der Waals surface area contributed by atoms with Crippen LogP contribution in [0.4, 0.5) is 8.78 Å². The molecule has 1 aromatic heterocycles. The fourth-order valence-corrected chi connectivity index (χ4v) is 1.43. The van der Waals surface area contributed by atoms with Crippen LogP contribution in [0.2, 0.25) is 0 Å². The van der Waals surface area contributed by atoms with Gasteiger partial charge < -0.3 is 9.26 Å². The van der Waals surface area contributed by atoms with Gasteiger partial charge in [0, 0.05) is 6.61 Å². The van der Waals surface area contributed by atoms with Gasteiger partial charge >= 0.3 is 0 Å². The van der Waals surface area contributed by atoms with Gasteiger partial charge in [-0.1, -0.05) is 19.0 Å². The van der Waals surface area contributed by atoms with E-state index in [0.717, 1.165) is 0 Å². The molecule has 0 aliphatic heterocycles. The third-order valence-corrected chi connectivity index (χ3v) is 2.26. The number of nitrogens with zero attached hydrogens (tertiary/aromatic N) is 2. The Hall–Kier alpha value is -1.37. The monoisotopic (exact) mass is 262 g/mol. The van der Waals surface area contributed by atoms with Crippen molar-refractivity contribution in [2.75, 3.05) is 6.61 Å². The SMILES string of the molecule is CCOC(c1noc(CC(=O)C(F)F)n1)C(C)C. The van der Waals surface area contributed by atoms with Crippen LogP contribution in [0.1, 0.15) is 38.6 Å². The Morgan fingerprint density at radius 2 is 2.11 bits per heavy atom. The Labute approximate surface area is 104 Å². The zero-order valence-electron chi connectivity index (χ0n) is 10.5. The topological polar surface area (TPSA) is 65.2 Å². The van der Waals surface area contributed by atoms with Gasteiger partial charge in [-0.15, -0.1) is 0 Å². The fraction of sp³-hybridized carbons (Fsp3) is 0.727. The number of carbonyl (C=O) groups is 1. The molecule has 7 heteroatoms. The first-order valence-corrected chi connectivity index (χ1v) is 5.70. The van der Waals surface area contributed by atoms with Crippen molar-refractivity contribution in [1.82, 2.24) is 10.1 Å². The number of aromatic nitrogens is 2. The van der Waals surface area contributed by atoms with Gasteiger partial charge in [-0.2, -0.15) is 4.98 Å². The first-order chi connectivity index (χ1) is 8.45. The van der Waals surface area contributed by atoms with Crippen molar-refractivity contribution in [1.29, 1.82) is 0 Å². The number of hydrogen-bond acceptors (Lipinski definition) is 5. The Balaban J connectivity index is 2.75. The van der Waals surface area contributed by atoms with E-state index in [1.54, 1.807) is 0 Å². The number of ether oxygens (including phenoxy) is 1. The van der Waals surface area contributed by atoms with Crippen molar-refractivity contribution >= 4 is 5.78 Å². The van der Waals surface area contributed by atoms with Crippen LogP contribution in [-0.4, -0.2) is 29.0 Å². The quantitative estimate of drug-likeness (QED) is 0.753. The number of alkyl halides is 2. The van der Waals surface area contributed by atoms with Crippen molar-refractivity contribution in [2.45, 2.75) is 39.7 Å². The van der Waals surface area contributed by atoms with E-state index in [1.165, 1.54) is 0 Å². The minimum Gasteiger partial charge on any atom is -0.370 e. The average Bonchev–Trinajstić information content (AvgIpc) is 2.73. The molecule has 0 aromatic carbocycles. The highest BCUT2D eigenvalue weighted by atomic mass is 19.3. The second-order valence-electron chi connectivity index (χ2n) is 4.11. The third kappa shape index (κ3) is 3.83. The van der Waals surface area contributed by atoms with Gasteiger partial charge in [-0.3, -0.25) is 4.79 Å². The lowest BCUT2D eigenvalue weighted by molar-refractivity contribution is -0.129. The maximum Gasteiger partial charge on any atom is 0.296 e. The summed E-state index contributed by atoms with van der Waals surface area (Å²) in [5, 5.41) is 3.66. The van der Waals surface area contributed by atoms with Gasteiger partial charge in [0.05, 0.1) is 6.42 Å². The Morgan fingerprint density at radius 3 is 2.61 bits per heavy atom. The lowest BCUT2D eigenvalue weighted by atomic mass is 10.1. The summed E-state index contributed by atoms with van der Waals surface area (Å²) in [4.78, 5) is 14.8. The van der Waals surface area contributed by atoms with E-state index in [1.807, 2.05) is 20.8 Å².